The van der Waals surface area contributed by atoms with Crippen LogP contribution in [0.5, 0.6) is 0 Å². The number of hydrogen-bond donors (Lipinski definition) is 0. The maximum absolute atomic E-state index is 12.9. The Kier molecular flexibility index (Phi) is 5.81. The van der Waals surface area contributed by atoms with E-state index in [0.29, 0.717) is 12.6 Å². The molecule has 6 heteroatoms. The zero-order valence-electron chi connectivity index (χ0n) is 15.4. The van der Waals surface area contributed by atoms with E-state index in [9.17, 15) is 4.79 Å². The molecule has 23 heavy (non-hydrogen) atoms. The summed E-state index contributed by atoms with van der Waals surface area (Å²) in [6.07, 6.45) is 3.90. The van der Waals surface area contributed by atoms with Gasteiger partial charge < -0.3 is 14.7 Å². The third-order valence-corrected chi connectivity index (χ3v) is 5.10. The predicted molar refractivity (Wildman–Crippen MR) is 92.1 cm³/mol. The molecule has 0 aromatic carbocycles. The fourth-order valence-corrected chi connectivity index (χ4v) is 3.35. The molecule has 1 aliphatic heterocycles. The Balaban J connectivity index is 2.00. The first-order valence-corrected chi connectivity index (χ1v) is 8.37. The number of carbonyl (C=O) groups excluding carboxylic acids is 1. The monoisotopic (exact) mass is 321 g/mol. The molecule has 1 saturated heterocycles. The van der Waals surface area contributed by atoms with Gasteiger partial charge in [-0.2, -0.15) is 5.10 Å². The van der Waals surface area contributed by atoms with Crippen LogP contribution in [0.4, 0.5) is 0 Å². The van der Waals surface area contributed by atoms with Crippen molar-refractivity contribution in [2.45, 2.75) is 32.4 Å². The van der Waals surface area contributed by atoms with Crippen LogP contribution >= 0.6 is 0 Å². The van der Waals surface area contributed by atoms with Crippen molar-refractivity contribution < 1.29 is 4.79 Å². The van der Waals surface area contributed by atoms with Crippen molar-refractivity contribution in [1.29, 1.82) is 0 Å². The molecule has 1 amide bonds. The molecule has 6 nitrogen and oxygen atoms in total. The van der Waals surface area contributed by atoms with Gasteiger partial charge in [0.15, 0.2) is 0 Å². The van der Waals surface area contributed by atoms with E-state index in [1.165, 1.54) is 0 Å². The number of likely N-dealkylation sites (tertiary alicyclic amines) is 1. The van der Waals surface area contributed by atoms with Gasteiger partial charge in [-0.15, -0.1) is 0 Å². The lowest BCUT2D eigenvalue weighted by molar-refractivity contribution is -0.135. The highest BCUT2D eigenvalue weighted by Gasteiger charge is 2.29. The second-order valence-corrected chi connectivity index (χ2v) is 7.19. The second-order valence-electron chi connectivity index (χ2n) is 7.19. The Hall–Kier alpha value is -1.40. The van der Waals surface area contributed by atoms with Crippen LogP contribution in [0.3, 0.4) is 0 Å². The molecule has 1 aromatic heterocycles. The van der Waals surface area contributed by atoms with E-state index < -0.39 is 0 Å². The fourth-order valence-electron chi connectivity index (χ4n) is 3.35. The molecule has 1 fully saturated rings. The van der Waals surface area contributed by atoms with Crippen molar-refractivity contribution in [3.05, 3.63) is 17.5 Å². The number of amides is 1. The normalized spacial score (nSPS) is 23.1. The highest BCUT2D eigenvalue weighted by atomic mass is 16.2. The summed E-state index contributed by atoms with van der Waals surface area (Å²) >= 11 is 0. The predicted octanol–water partition coefficient (Wildman–Crippen LogP) is 0.959. The first kappa shape index (κ1) is 17.9. The maximum Gasteiger partial charge on any atom is 0.227 e. The van der Waals surface area contributed by atoms with E-state index in [1.54, 1.807) is 0 Å². The first-order valence-electron chi connectivity index (χ1n) is 8.37. The lowest BCUT2D eigenvalue weighted by atomic mass is 10.00. The summed E-state index contributed by atoms with van der Waals surface area (Å²) in [4.78, 5) is 19.3. The summed E-state index contributed by atoms with van der Waals surface area (Å²) in [5.74, 6) is 0.339. The van der Waals surface area contributed by atoms with Gasteiger partial charge in [0.25, 0.3) is 0 Å². The quantitative estimate of drug-likeness (QED) is 0.829. The average Bonchev–Trinajstić information content (AvgIpc) is 2.71. The van der Waals surface area contributed by atoms with Crippen LogP contribution in [0.25, 0.3) is 0 Å². The van der Waals surface area contributed by atoms with Gasteiger partial charge in [0.05, 0.1) is 12.1 Å². The molecular weight excluding hydrogens is 290 g/mol. The van der Waals surface area contributed by atoms with Gasteiger partial charge in [-0.05, 0) is 40.9 Å². The van der Waals surface area contributed by atoms with E-state index in [2.05, 4.69) is 36.0 Å². The van der Waals surface area contributed by atoms with Gasteiger partial charge in [-0.25, -0.2) is 0 Å². The van der Waals surface area contributed by atoms with E-state index in [4.69, 9.17) is 0 Å². The van der Waals surface area contributed by atoms with Gasteiger partial charge >= 0.3 is 0 Å². The number of likely N-dealkylation sites (N-methyl/N-ethyl adjacent to an activating group) is 2. The van der Waals surface area contributed by atoms with Crippen molar-refractivity contribution in [1.82, 2.24) is 24.5 Å². The molecule has 0 spiro atoms. The minimum atomic E-state index is 0.0897. The summed E-state index contributed by atoms with van der Waals surface area (Å²) in [7, 11) is 10.2. The molecule has 2 heterocycles. The number of aromatic nitrogens is 2. The first-order chi connectivity index (χ1) is 10.8. The Labute approximate surface area is 140 Å². The molecule has 0 N–H and O–H groups in total. The number of rotatable bonds is 4. The molecule has 1 aliphatic rings. The minimum absolute atomic E-state index is 0.0897. The number of aryl methyl sites for hydroxylation is 1. The van der Waals surface area contributed by atoms with E-state index in [1.807, 2.05) is 36.8 Å². The highest BCUT2D eigenvalue weighted by Crippen LogP contribution is 2.21. The smallest absolute Gasteiger partial charge is 0.227 e. The molecule has 0 saturated carbocycles. The van der Waals surface area contributed by atoms with Crippen LogP contribution < -0.4 is 0 Å². The molecule has 0 bridgehead atoms. The van der Waals surface area contributed by atoms with Crippen LogP contribution in [0.2, 0.25) is 0 Å². The fraction of sp³-hybridized carbons (Fsp3) is 0.765. The van der Waals surface area contributed by atoms with E-state index in [0.717, 1.165) is 37.2 Å². The highest BCUT2D eigenvalue weighted by molar-refractivity contribution is 5.78. The van der Waals surface area contributed by atoms with Gasteiger partial charge in [0.1, 0.15) is 0 Å². The lowest BCUT2D eigenvalue weighted by Gasteiger charge is -2.26. The van der Waals surface area contributed by atoms with Gasteiger partial charge in [0, 0.05) is 51.0 Å². The van der Waals surface area contributed by atoms with Gasteiger partial charge in [-0.1, -0.05) is 0 Å². The molecule has 0 radical (unpaired) electrons. The topological polar surface area (TPSA) is 44.6 Å². The van der Waals surface area contributed by atoms with Crippen molar-refractivity contribution in [3.8, 4) is 0 Å². The average molecular weight is 321 g/mol. The largest absolute Gasteiger partial charge is 0.341 e. The summed E-state index contributed by atoms with van der Waals surface area (Å²) in [6.45, 7) is 4.55. The van der Waals surface area contributed by atoms with Crippen LogP contribution in [0, 0.1) is 12.8 Å². The molecule has 1 aromatic rings. The summed E-state index contributed by atoms with van der Waals surface area (Å²) in [6, 6.07) is 0.531. The minimum Gasteiger partial charge on any atom is -0.341 e. The van der Waals surface area contributed by atoms with E-state index in [-0.39, 0.29) is 11.8 Å². The Morgan fingerprint density at radius 1 is 1.26 bits per heavy atom. The number of hydrogen-bond acceptors (Lipinski definition) is 4. The van der Waals surface area contributed by atoms with Crippen molar-refractivity contribution in [3.63, 3.8) is 0 Å². The third-order valence-electron chi connectivity index (χ3n) is 5.10. The summed E-state index contributed by atoms with van der Waals surface area (Å²) < 4.78 is 1.86. The molecule has 0 unspecified atom stereocenters. The summed E-state index contributed by atoms with van der Waals surface area (Å²) in [5.41, 5.74) is 2.24. The Morgan fingerprint density at radius 2 is 1.96 bits per heavy atom. The third kappa shape index (κ3) is 4.32. The Bertz CT molecular complexity index is 539. The van der Waals surface area contributed by atoms with Crippen LogP contribution in [0.15, 0.2) is 6.20 Å². The molecular formula is C17H31N5O. The zero-order chi connectivity index (χ0) is 17.1. The maximum atomic E-state index is 12.9. The van der Waals surface area contributed by atoms with Crippen molar-refractivity contribution >= 4 is 5.91 Å². The van der Waals surface area contributed by atoms with Gasteiger partial charge in [0.2, 0.25) is 5.91 Å². The van der Waals surface area contributed by atoms with Crippen molar-refractivity contribution in [2.24, 2.45) is 13.0 Å². The SMILES string of the molecule is Cc1c(CN(C)C(=O)[C@@H]2CC[C@H](N(C)C)CN(C)C2)cnn1C. The lowest BCUT2D eigenvalue weighted by Crippen LogP contribution is -2.39. The summed E-state index contributed by atoms with van der Waals surface area (Å²) in [5, 5.41) is 4.26. The van der Waals surface area contributed by atoms with Crippen molar-refractivity contribution in [2.75, 3.05) is 41.3 Å². The molecule has 2 rings (SSSR count). The number of carbonyl (C=O) groups is 1. The Morgan fingerprint density at radius 3 is 2.52 bits per heavy atom. The molecule has 130 valence electrons. The van der Waals surface area contributed by atoms with Crippen LogP contribution in [-0.2, 0) is 18.4 Å². The van der Waals surface area contributed by atoms with Crippen LogP contribution in [-0.4, -0.2) is 77.7 Å². The zero-order valence-corrected chi connectivity index (χ0v) is 15.4. The molecule has 2 atom stereocenters. The van der Waals surface area contributed by atoms with Gasteiger partial charge in [-0.3, -0.25) is 9.48 Å². The van der Waals surface area contributed by atoms with E-state index >= 15 is 0 Å². The standard InChI is InChI=1S/C17H31N5O/c1-13-15(9-18-22(13)6)11-21(5)17(23)14-7-8-16(19(2)3)12-20(4)10-14/h9,14,16H,7-8,10-12H2,1-6H3/t14-,16+/m1/s1. The van der Waals surface area contributed by atoms with Crippen LogP contribution in [0.1, 0.15) is 24.1 Å². The second kappa shape index (κ2) is 7.45. The molecule has 0 aliphatic carbocycles. The number of nitrogens with zero attached hydrogens (tertiary/aromatic N) is 5.